The normalized spacial score (nSPS) is 10.5. The Bertz CT molecular complexity index is 340. The molecule has 0 aliphatic heterocycles. The lowest BCUT2D eigenvalue weighted by molar-refractivity contribution is -0.263. The van der Waals surface area contributed by atoms with Crippen LogP contribution in [0.4, 0.5) is 0 Å². The van der Waals surface area contributed by atoms with Crippen molar-refractivity contribution in [3.63, 3.8) is 0 Å². The van der Waals surface area contributed by atoms with Crippen molar-refractivity contribution < 1.29 is 19.7 Å². The number of benzene rings is 1. The van der Waals surface area contributed by atoms with Gasteiger partial charge in [0.15, 0.2) is 0 Å². The Hall–Kier alpha value is -1.81. The predicted octanol–water partition coefficient (Wildman–Crippen LogP) is 1.90. The fourth-order valence-corrected chi connectivity index (χ4v) is 0.926. The van der Waals surface area contributed by atoms with Crippen molar-refractivity contribution in [1.29, 1.82) is 0 Å². The first-order valence-electron chi connectivity index (χ1n) is 4.44. The topological polar surface area (TPSA) is 55.8 Å². The number of hydrogen-bond donors (Lipinski definition) is 1. The SMILES string of the molecule is CC(=O)OOCC=Cc1ccc(O)cc1. The van der Waals surface area contributed by atoms with Crippen LogP contribution >= 0.6 is 0 Å². The van der Waals surface area contributed by atoms with Gasteiger partial charge in [-0.2, -0.15) is 4.89 Å². The van der Waals surface area contributed by atoms with Gasteiger partial charge in [-0.3, -0.25) is 4.89 Å². The summed E-state index contributed by atoms with van der Waals surface area (Å²) in [5, 5.41) is 9.02. The molecule has 0 amide bonds. The van der Waals surface area contributed by atoms with Gasteiger partial charge in [-0.05, 0) is 17.7 Å². The highest BCUT2D eigenvalue weighted by molar-refractivity contribution is 5.65. The first-order chi connectivity index (χ1) is 7.18. The monoisotopic (exact) mass is 208 g/mol. The molecule has 0 aliphatic rings. The molecule has 0 unspecified atom stereocenters. The van der Waals surface area contributed by atoms with Crippen LogP contribution in [0.25, 0.3) is 6.08 Å². The highest BCUT2D eigenvalue weighted by Gasteiger charge is 1.91. The van der Waals surface area contributed by atoms with Gasteiger partial charge in [-0.15, -0.1) is 0 Å². The molecule has 80 valence electrons. The van der Waals surface area contributed by atoms with Gasteiger partial charge >= 0.3 is 5.97 Å². The van der Waals surface area contributed by atoms with Crippen LogP contribution in [0.1, 0.15) is 12.5 Å². The average Bonchev–Trinajstić information content (AvgIpc) is 2.20. The molecule has 0 spiro atoms. The summed E-state index contributed by atoms with van der Waals surface area (Å²) >= 11 is 0. The number of phenols is 1. The molecule has 0 heterocycles. The Balaban J connectivity index is 2.32. The van der Waals surface area contributed by atoms with Gasteiger partial charge in [-0.1, -0.05) is 24.3 Å². The maximum Gasteiger partial charge on any atom is 0.339 e. The third-order valence-corrected chi connectivity index (χ3v) is 1.54. The Labute approximate surface area is 87.7 Å². The van der Waals surface area contributed by atoms with Crippen molar-refractivity contribution in [1.82, 2.24) is 0 Å². The van der Waals surface area contributed by atoms with E-state index in [2.05, 4.69) is 9.78 Å². The average molecular weight is 208 g/mol. The van der Waals surface area contributed by atoms with Gasteiger partial charge in [0, 0.05) is 6.92 Å². The molecule has 0 aliphatic carbocycles. The van der Waals surface area contributed by atoms with E-state index in [0.717, 1.165) is 5.56 Å². The first-order valence-corrected chi connectivity index (χ1v) is 4.44. The summed E-state index contributed by atoms with van der Waals surface area (Å²) in [5.74, 6) is -0.253. The van der Waals surface area contributed by atoms with Crippen molar-refractivity contribution >= 4 is 12.0 Å². The Morgan fingerprint density at radius 2 is 2.07 bits per heavy atom. The summed E-state index contributed by atoms with van der Waals surface area (Å²) in [6.45, 7) is 1.46. The summed E-state index contributed by atoms with van der Waals surface area (Å²) in [7, 11) is 0. The van der Waals surface area contributed by atoms with Crippen molar-refractivity contribution in [3.05, 3.63) is 35.9 Å². The molecule has 0 radical (unpaired) electrons. The molecule has 0 bridgehead atoms. The van der Waals surface area contributed by atoms with Crippen LogP contribution in [0.2, 0.25) is 0 Å². The van der Waals surface area contributed by atoms with Crippen LogP contribution in [0.5, 0.6) is 5.75 Å². The Morgan fingerprint density at radius 3 is 2.67 bits per heavy atom. The standard InChI is InChI=1S/C11H12O4/c1-9(12)15-14-8-2-3-10-4-6-11(13)7-5-10/h2-7,13H,8H2,1H3. The van der Waals surface area contributed by atoms with Crippen molar-refractivity contribution in [2.75, 3.05) is 6.61 Å². The van der Waals surface area contributed by atoms with Gasteiger partial charge in [0.05, 0.1) is 0 Å². The molecule has 4 nitrogen and oxygen atoms in total. The molecule has 1 aromatic rings. The van der Waals surface area contributed by atoms with Gasteiger partial charge in [0.1, 0.15) is 12.4 Å². The van der Waals surface area contributed by atoms with Gasteiger partial charge in [-0.25, -0.2) is 4.79 Å². The second kappa shape index (κ2) is 5.82. The van der Waals surface area contributed by atoms with E-state index in [1.165, 1.54) is 6.92 Å². The number of carbonyl (C=O) groups excluding carboxylic acids is 1. The lowest BCUT2D eigenvalue weighted by Crippen LogP contribution is -1.99. The smallest absolute Gasteiger partial charge is 0.339 e. The Kier molecular flexibility index (Phi) is 4.37. The quantitative estimate of drug-likeness (QED) is 0.466. The maximum absolute atomic E-state index is 10.3. The highest BCUT2D eigenvalue weighted by atomic mass is 17.2. The van der Waals surface area contributed by atoms with E-state index in [1.807, 2.05) is 0 Å². The van der Waals surface area contributed by atoms with Gasteiger partial charge in [0.25, 0.3) is 0 Å². The minimum absolute atomic E-state index is 0.195. The molecule has 0 aromatic heterocycles. The van der Waals surface area contributed by atoms with Gasteiger partial charge < -0.3 is 5.11 Å². The zero-order valence-corrected chi connectivity index (χ0v) is 8.34. The summed E-state index contributed by atoms with van der Waals surface area (Å²) in [5.41, 5.74) is 0.930. The lowest BCUT2D eigenvalue weighted by atomic mass is 10.2. The summed E-state index contributed by atoms with van der Waals surface area (Å²) in [6, 6.07) is 6.70. The van der Waals surface area contributed by atoms with Crippen LogP contribution < -0.4 is 0 Å². The molecule has 4 heteroatoms. The van der Waals surface area contributed by atoms with E-state index in [1.54, 1.807) is 36.4 Å². The van der Waals surface area contributed by atoms with Crippen LogP contribution in [0.15, 0.2) is 30.3 Å². The van der Waals surface area contributed by atoms with Crippen molar-refractivity contribution in [2.45, 2.75) is 6.92 Å². The molecule has 0 atom stereocenters. The van der Waals surface area contributed by atoms with E-state index >= 15 is 0 Å². The maximum atomic E-state index is 10.3. The molecule has 1 N–H and O–H groups in total. The first kappa shape index (κ1) is 11.3. The number of carbonyl (C=O) groups is 1. The molecule has 1 aromatic carbocycles. The van der Waals surface area contributed by atoms with Crippen LogP contribution in [0.3, 0.4) is 0 Å². The largest absolute Gasteiger partial charge is 0.508 e. The second-order valence-corrected chi connectivity index (χ2v) is 2.85. The van der Waals surface area contributed by atoms with E-state index in [0.29, 0.717) is 0 Å². The minimum atomic E-state index is -0.479. The third kappa shape index (κ3) is 4.83. The summed E-state index contributed by atoms with van der Waals surface area (Å²) in [4.78, 5) is 19.1. The lowest BCUT2D eigenvalue weighted by Gasteiger charge is -1.96. The molecule has 1 rings (SSSR count). The zero-order valence-electron chi connectivity index (χ0n) is 8.34. The minimum Gasteiger partial charge on any atom is -0.508 e. The third-order valence-electron chi connectivity index (χ3n) is 1.54. The predicted molar refractivity (Wildman–Crippen MR) is 54.9 cm³/mol. The molecular weight excluding hydrogens is 196 g/mol. The highest BCUT2D eigenvalue weighted by Crippen LogP contribution is 2.10. The molecular formula is C11H12O4. The van der Waals surface area contributed by atoms with Crippen LogP contribution in [0, 0.1) is 0 Å². The van der Waals surface area contributed by atoms with E-state index < -0.39 is 5.97 Å². The van der Waals surface area contributed by atoms with Crippen molar-refractivity contribution in [3.8, 4) is 5.75 Å². The number of hydrogen-bond acceptors (Lipinski definition) is 4. The summed E-state index contributed by atoms with van der Waals surface area (Å²) in [6.07, 6.45) is 3.50. The number of phenolic OH excluding ortho intramolecular Hbond substituents is 1. The van der Waals surface area contributed by atoms with Gasteiger partial charge in [0.2, 0.25) is 0 Å². The number of aromatic hydroxyl groups is 1. The fraction of sp³-hybridized carbons (Fsp3) is 0.182. The van der Waals surface area contributed by atoms with Crippen molar-refractivity contribution in [2.24, 2.45) is 0 Å². The molecule has 0 saturated heterocycles. The van der Waals surface area contributed by atoms with Crippen LogP contribution in [-0.4, -0.2) is 17.7 Å². The Morgan fingerprint density at radius 1 is 1.40 bits per heavy atom. The molecule has 0 saturated carbocycles. The van der Waals surface area contributed by atoms with Crippen LogP contribution in [-0.2, 0) is 14.6 Å². The molecule has 0 fully saturated rings. The van der Waals surface area contributed by atoms with E-state index in [9.17, 15) is 4.79 Å². The molecule has 15 heavy (non-hydrogen) atoms. The zero-order chi connectivity index (χ0) is 11.1. The van der Waals surface area contributed by atoms with E-state index in [4.69, 9.17) is 5.11 Å². The second-order valence-electron chi connectivity index (χ2n) is 2.85. The van der Waals surface area contributed by atoms with E-state index in [-0.39, 0.29) is 12.4 Å². The number of rotatable bonds is 4. The summed E-state index contributed by atoms with van der Waals surface area (Å²) < 4.78 is 0. The fourth-order valence-electron chi connectivity index (χ4n) is 0.926.